The Morgan fingerprint density at radius 3 is 2.39 bits per heavy atom. The van der Waals surface area contributed by atoms with Crippen molar-refractivity contribution in [1.82, 2.24) is 0 Å². The van der Waals surface area contributed by atoms with E-state index in [2.05, 4.69) is 5.32 Å². The molecule has 0 radical (unpaired) electrons. The Morgan fingerprint density at radius 1 is 1.17 bits per heavy atom. The topological polar surface area (TPSA) is 73.7 Å². The van der Waals surface area contributed by atoms with Crippen LogP contribution < -0.4 is 15.3 Å². The van der Waals surface area contributed by atoms with Crippen LogP contribution in [0, 0.1) is 0 Å². The van der Waals surface area contributed by atoms with Crippen molar-refractivity contribution in [2.75, 3.05) is 25.0 Å². The summed E-state index contributed by atoms with van der Waals surface area (Å²) in [6, 6.07) is 9.21. The highest BCUT2D eigenvalue weighted by atomic mass is 32.1. The number of carbonyl (C=O) groups is 2. The summed E-state index contributed by atoms with van der Waals surface area (Å²) in [6.45, 7) is 6.03. The van der Waals surface area contributed by atoms with Gasteiger partial charge in [0.05, 0.1) is 19.1 Å². The smallest absolute Gasteiger partial charge is 0.280 e. The molecule has 2 aromatic rings. The molecule has 0 spiro atoms. The number of carboxylic acids is 1. The minimum atomic E-state index is -1.28. The maximum Gasteiger partial charge on any atom is 0.280 e. The molecule has 0 aliphatic rings. The molecule has 1 aromatic heterocycles. The number of aromatic carboxylic acids is 1. The number of carboxylic acid groups (broad SMARTS) is 1. The van der Waals surface area contributed by atoms with E-state index in [0.717, 1.165) is 23.6 Å². The highest BCUT2D eigenvalue weighted by Gasteiger charge is 2.18. The first-order chi connectivity index (χ1) is 11.1. The summed E-state index contributed by atoms with van der Waals surface area (Å²) in [7, 11) is 0. The number of amides is 1. The highest BCUT2D eigenvalue weighted by Crippen LogP contribution is 2.34. The van der Waals surface area contributed by atoms with E-state index >= 15 is 0 Å². The molecule has 122 valence electrons. The van der Waals surface area contributed by atoms with Crippen LogP contribution in [0.2, 0.25) is 0 Å². The zero-order valence-corrected chi connectivity index (χ0v) is 14.0. The highest BCUT2D eigenvalue weighted by molar-refractivity contribution is 7.15. The number of anilines is 1. The van der Waals surface area contributed by atoms with Gasteiger partial charge < -0.3 is 20.1 Å². The standard InChI is InChI=1S/C17H20N2O3S/c1-3-19(4-2)10-14(20)18-16-15(17(21)22)13(11-23-16)12-8-6-5-7-9-12/h5-9,11H,3-4,10H2,1-2H3,(H,18,20)(H,21,22). The number of hydrogen-bond acceptors (Lipinski definition) is 4. The molecular weight excluding hydrogens is 312 g/mol. The number of benzene rings is 1. The van der Waals surface area contributed by atoms with Gasteiger partial charge in [-0.2, -0.15) is 0 Å². The summed E-state index contributed by atoms with van der Waals surface area (Å²) in [5.41, 5.74) is 1.41. The van der Waals surface area contributed by atoms with E-state index in [-0.39, 0.29) is 11.5 Å². The van der Waals surface area contributed by atoms with Gasteiger partial charge in [-0.1, -0.05) is 30.3 Å². The van der Waals surface area contributed by atoms with Crippen molar-refractivity contribution in [3.05, 3.63) is 41.3 Å². The molecule has 6 heteroatoms. The van der Waals surface area contributed by atoms with Crippen LogP contribution in [0.1, 0.15) is 24.2 Å². The molecule has 23 heavy (non-hydrogen) atoms. The van der Waals surface area contributed by atoms with Crippen LogP contribution >= 0.6 is 11.3 Å². The molecule has 0 bridgehead atoms. The molecular formula is C17H20N2O3S. The van der Waals surface area contributed by atoms with E-state index in [1.54, 1.807) is 5.38 Å². The van der Waals surface area contributed by atoms with Crippen molar-refractivity contribution in [2.24, 2.45) is 0 Å². The lowest BCUT2D eigenvalue weighted by Crippen LogP contribution is -3.12. The van der Waals surface area contributed by atoms with Crippen LogP contribution in [0.4, 0.5) is 5.00 Å². The third-order valence-electron chi connectivity index (χ3n) is 3.74. The van der Waals surface area contributed by atoms with Crippen molar-refractivity contribution in [2.45, 2.75) is 13.8 Å². The predicted octanol–water partition coefficient (Wildman–Crippen LogP) is 0.642. The minimum absolute atomic E-state index is 0.0455. The predicted molar refractivity (Wildman–Crippen MR) is 89.6 cm³/mol. The van der Waals surface area contributed by atoms with Gasteiger partial charge in [-0.3, -0.25) is 4.79 Å². The molecule has 0 fully saturated rings. The Morgan fingerprint density at radius 2 is 1.83 bits per heavy atom. The zero-order valence-electron chi connectivity index (χ0n) is 13.2. The van der Waals surface area contributed by atoms with Crippen LogP contribution in [0.25, 0.3) is 11.1 Å². The van der Waals surface area contributed by atoms with Gasteiger partial charge in [0, 0.05) is 16.5 Å². The van der Waals surface area contributed by atoms with Crippen molar-refractivity contribution in [3.63, 3.8) is 0 Å². The van der Waals surface area contributed by atoms with Gasteiger partial charge in [0.15, 0.2) is 6.54 Å². The summed E-state index contributed by atoms with van der Waals surface area (Å²) in [4.78, 5) is 24.8. The number of quaternary nitrogens is 1. The van der Waals surface area contributed by atoms with Crippen LogP contribution in [0.15, 0.2) is 35.7 Å². The Bertz CT molecular complexity index is 678. The molecule has 0 saturated heterocycles. The van der Waals surface area contributed by atoms with Gasteiger partial charge in [-0.05, 0) is 19.4 Å². The number of likely N-dealkylation sites (N-methyl/N-ethyl adjacent to an activating group) is 1. The average Bonchev–Trinajstić information content (AvgIpc) is 2.97. The van der Waals surface area contributed by atoms with Gasteiger partial charge in [0.25, 0.3) is 5.91 Å². The molecule has 0 aliphatic carbocycles. The van der Waals surface area contributed by atoms with Gasteiger partial charge in [-0.15, -0.1) is 11.3 Å². The monoisotopic (exact) mass is 332 g/mol. The lowest BCUT2D eigenvalue weighted by molar-refractivity contribution is -0.888. The van der Waals surface area contributed by atoms with Crippen LogP contribution in [0.5, 0.6) is 0 Å². The normalized spacial score (nSPS) is 10.7. The van der Waals surface area contributed by atoms with Crippen LogP contribution in [-0.2, 0) is 4.79 Å². The maximum absolute atomic E-state index is 12.1. The lowest BCUT2D eigenvalue weighted by Gasteiger charge is -2.15. The first-order valence-electron chi connectivity index (χ1n) is 7.58. The fraction of sp³-hybridized carbons (Fsp3) is 0.294. The van der Waals surface area contributed by atoms with Crippen molar-refractivity contribution in [3.8, 4) is 11.1 Å². The van der Waals surface area contributed by atoms with Crippen molar-refractivity contribution >= 4 is 28.2 Å². The SMILES string of the molecule is CC[NH+](CC)CC(=O)Nc1scc(-c2ccccc2)c1C(=O)[O-]. The summed E-state index contributed by atoms with van der Waals surface area (Å²) in [5, 5.41) is 16.3. The third kappa shape index (κ3) is 4.18. The van der Waals surface area contributed by atoms with E-state index < -0.39 is 5.97 Å². The molecule has 1 amide bonds. The van der Waals surface area contributed by atoms with Gasteiger partial charge in [0.2, 0.25) is 0 Å². The van der Waals surface area contributed by atoms with E-state index in [9.17, 15) is 14.7 Å². The summed E-state index contributed by atoms with van der Waals surface area (Å²) < 4.78 is 0. The molecule has 0 atom stereocenters. The number of hydrogen-bond donors (Lipinski definition) is 2. The first-order valence-corrected chi connectivity index (χ1v) is 8.46. The van der Waals surface area contributed by atoms with Crippen LogP contribution in [0.3, 0.4) is 0 Å². The third-order valence-corrected chi connectivity index (χ3v) is 4.64. The fourth-order valence-corrected chi connectivity index (χ4v) is 3.35. The molecule has 0 unspecified atom stereocenters. The number of thiophene rings is 1. The largest absolute Gasteiger partial charge is 0.545 e. The molecule has 1 aromatic carbocycles. The Kier molecular flexibility index (Phi) is 5.90. The Balaban J connectivity index is 2.25. The quantitative estimate of drug-likeness (QED) is 0.781. The summed E-state index contributed by atoms with van der Waals surface area (Å²) in [6.07, 6.45) is 0. The Hall–Kier alpha value is -2.18. The average molecular weight is 332 g/mol. The second kappa shape index (κ2) is 7.89. The molecule has 2 rings (SSSR count). The Labute approximate surface area is 139 Å². The molecule has 0 aliphatic heterocycles. The first kappa shape index (κ1) is 17.2. The zero-order chi connectivity index (χ0) is 16.8. The number of nitrogens with one attached hydrogen (secondary N) is 2. The van der Waals surface area contributed by atoms with Gasteiger partial charge in [-0.25, -0.2) is 0 Å². The van der Waals surface area contributed by atoms with E-state index in [1.165, 1.54) is 11.3 Å². The molecule has 5 nitrogen and oxygen atoms in total. The van der Waals surface area contributed by atoms with Crippen molar-refractivity contribution < 1.29 is 19.6 Å². The van der Waals surface area contributed by atoms with E-state index in [0.29, 0.717) is 17.1 Å². The lowest BCUT2D eigenvalue weighted by atomic mass is 10.0. The number of rotatable bonds is 7. The molecule has 0 saturated carbocycles. The molecule has 1 heterocycles. The second-order valence-electron chi connectivity index (χ2n) is 5.19. The maximum atomic E-state index is 12.1. The molecule has 2 N–H and O–H groups in total. The van der Waals surface area contributed by atoms with Crippen molar-refractivity contribution in [1.29, 1.82) is 0 Å². The summed E-state index contributed by atoms with van der Waals surface area (Å²) in [5.74, 6) is -1.47. The number of carbonyl (C=O) groups excluding carboxylic acids is 2. The van der Waals surface area contributed by atoms with E-state index in [4.69, 9.17) is 0 Å². The van der Waals surface area contributed by atoms with Gasteiger partial charge in [0.1, 0.15) is 5.00 Å². The van der Waals surface area contributed by atoms with Crippen LogP contribution in [-0.4, -0.2) is 31.5 Å². The fourth-order valence-electron chi connectivity index (χ4n) is 2.38. The van der Waals surface area contributed by atoms with E-state index in [1.807, 2.05) is 44.2 Å². The summed E-state index contributed by atoms with van der Waals surface area (Å²) >= 11 is 1.21. The minimum Gasteiger partial charge on any atom is -0.545 e. The van der Waals surface area contributed by atoms with Gasteiger partial charge >= 0.3 is 0 Å². The second-order valence-corrected chi connectivity index (χ2v) is 6.07.